The highest BCUT2D eigenvalue weighted by atomic mass is 32.1. The summed E-state index contributed by atoms with van der Waals surface area (Å²) in [4.78, 5) is 0. The molecular weight excluding hydrogens is 1360 g/mol. The zero-order valence-electron chi connectivity index (χ0n) is 59.3. The maximum Gasteiger partial charge on any atom is 0.0434 e. The minimum absolute atomic E-state index is 1.17. The van der Waals surface area contributed by atoms with Gasteiger partial charge in [0.15, 0.2) is 0 Å². The first kappa shape index (κ1) is 59.5. The molecule has 0 radical (unpaired) electrons. The first-order valence-corrected chi connectivity index (χ1v) is 39.9. The first-order valence-electron chi connectivity index (χ1n) is 38.3. The van der Waals surface area contributed by atoms with Crippen molar-refractivity contribution < 1.29 is 0 Å². The molecule has 0 nitrogen and oxygen atoms in total. The Hall–Kier alpha value is -13.6. The quantitative estimate of drug-likeness (QED) is 0.140. The molecule has 2 heterocycles. The summed E-state index contributed by atoms with van der Waals surface area (Å²) >= 11 is 3.82. The Kier molecular flexibility index (Phi) is 11.9. The molecule has 0 bridgehead atoms. The monoisotopic (exact) mass is 1420 g/mol. The van der Waals surface area contributed by atoms with E-state index in [2.05, 4.69) is 352 Å². The van der Waals surface area contributed by atoms with Crippen LogP contribution < -0.4 is 0 Å². The number of hydrogen-bond acceptors (Lipinski definition) is 2. The van der Waals surface area contributed by atoms with Gasteiger partial charge in [-0.2, -0.15) is 0 Å². The minimum atomic E-state index is 1.17. The molecule has 0 aliphatic heterocycles. The summed E-state index contributed by atoms with van der Waals surface area (Å²) in [6.45, 7) is 0. The summed E-state index contributed by atoms with van der Waals surface area (Å²) in [5, 5.41) is 41.6. The highest BCUT2D eigenvalue weighted by Crippen LogP contribution is 2.59. The molecule has 0 aliphatic rings. The fourth-order valence-electron chi connectivity index (χ4n) is 20.9. The Bertz CT molecular complexity index is 8470. The maximum atomic E-state index is 2.57. The van der Waals surface area contributed by atoms with Crippen LogP contribution in [-0.2, 0) is 0 Å². The van der Waals surface area contributed by atoms with E-state index in [0.29, 0.717) is 0 Å². The predicted octanol–water partition coefficient (Wildman–Crippen LogP) is 32.0. The molecule has 110 heavy (non-hydrogen) atoms. The lowest BCUT2D eigenvalue weighted by Gasteiger charge is -2.19. The number of thiophene rings is 2. The normalized spacial score (nSPS) is 12.5. The van der Waals surface area contributed by atoms with Gasteiger partial charge in [0.2, 0.25) is 0 Å². The first-order chi connectivity index (χ1) is 54.6. The predicted molar refractivity (Wildman–Crippen MR) is 480 cm³/mol. The van der Waals surface area contributed by atoms with Crippen LogP contribution >= 0.6 is 22.7 Å². The topological polar surface area (TPSA) is 0 Å². The molecule has 0 atom stereocenters. The van der Waals surface area contributed by atoms with Crippen molar-refractivity contribution in [1.29, 1.82) is 0 Å². The molecule has 0 fully saturated rings. The van der Waals surface area contributed by atoms with Crippen LogP contribution in [0.25, 0.3) is 269 Å². The Morgan fingerprint density at radius 2 is 0.409 bits per heavy atom. The molecule has 0 saturated carbocycles. The van der Waals surface area contributed by atoms with Crippen LogP contribution in [0, 0.1) is 0 Å². The van der Waals surface area contributed by atoms with E-state index in [9.17, 15) is 0 Å². The summed E-state index contributed by atoms with van der Waals surface area (Å²) in [6, 6.07) is 135. The van der Waals surface area contributed by atoms with Crippen molar-refractivity contribution in [3.8, 4) is 77.9 Å². The zero-order chi connectivity index (χ0) is 71.3. The van der Waals surface area contributed by atoms with E-state index >= 15 is 0 Å². The minimum Gasteiger partial charge on any atom is -0.135 e. The van der Waals surface area contributed by atoms with Crippen molar-refractivity contribution >= 4 is 214 Å². The van der Waals surface area contributed by atoms with Gasteiger partial charge in [0.1, 0.15) is 0 Å². The molecule has 502 valence electrons. The van der Waals surface area contributed by atoms with Crippen LogP contribution in [0.5, 0.6) is 0 Å². The molecule has 2 heteroatoms. The van der Waals surface area contributed by atoms with Gasteiger partial charge in [-0.3, -0.25) is 0 Å². The van der Waals surface area contributed by atoms with Crippen LogP contribution in [0.2, 0.25) is 0 Å². The standard InChI is InChI=1S/C108H58S2/c1-3-21-61(22-4-1)93-89-57-87-67-27-9-7-25-65(67)74-32-16-40-82(100(74)87)102(89)96(105-84-42-18-34-76-69(53-55-85(98(76)84)104(93)105)77-35-19-37-79-71-29-11-13-43-91(71)109-107(77)79)64-51-47-60(48-52-64)59-45-49-63(50-46-59)94-90-58-88-68-28-10-8-26-66(68)73-31-15-39-81(99(73)88)101(90)95(62-23-5-2-6-24-62)106-86-56-54-70(75-33-17-41-83(97(75)86)103(94)106)78-36-20-38-80-72-30-12-14-44-92(72)110-108(78)80/h1-58H. The summed E-state index contributed by atoms with van der Waals surface area (Å²) in [5.74, 6) is 0. The molecule has 0 unspecified atom stereocenters. The fourth-order valence-corrected chi connectivity index (χ4v) is 23.3. The molecule has 24 aromatic carbocycles. The summed E-state index contributed by atoms with van der Waals surface area (Å²) in [6.07, 6.45) is 0. The lowest BCUT2D eigenvalue weighted by molar-refractivity contribution is 1.61. The number of fused-ring (bicyclic) bond motifs is 22. The molecule has 0 N–H and O–H groups in total. The molecule has 0 aliphatic carbocycles. The van der Waals surface area contributed by atoms with E-state index < -0.39 is 0 Å². The Balaban J connectivity index is 0.716. The largest absolute Gasteiger partial charge is 0.135 e. The Morgan fingerprint density at radius 3 is 0.845 bits per heavy atom. The second-order valence-electron chi connectivity index (χ2n) is 30.5. The highest BCUT2D eigenvalue weighted by Gasteiger charge is 2.31. The van der Waals surface area contributed by atoms with E-state index in [1.165, 1.54) is 269 Å². The highest BCUT2D eigenvalue weighted by molar-refractivity contribution is 7.26. The van der Waals surface area contributed by atoms with Gasteiger partial charge in [0, 0.05) is 51.5 Å². The second-order valence-corrected chi connectivity index (χ2v) is 32.6. The van der Waals surface area contributed by atoms with Crippen molar-refractivity contribution in [2.24, 2.45) is 0 Å². The maximum absolute atomic E-state index is 2.57. The van der Waals surface area contributed by atoms with E-state index in [0.717, 1.165) is 0 Å². The van der Waals surface area contributed by atoms with Gasteiger partial charge in [-0.05, 0) is 242 Å². The number of hydrogen-bond donors (Lipinski definition) is 0. The van der Waals surface area contributed by atoms with E-state index in [1.54, 1.807) is 0 Å². The molecule has 0 amide bonds. The van der Waals surface area contributed by atoms with Crippen molar-refractivity contribution in [3.63, 3.8) is 0 Å². The van der Waals surface area contributed by atoms with Crippen molar-refractivity contribution in [2.75, 3.05) is 0 Å². The van der Waals surface area contributed by atoms with Crippen LogP contribution in [0.4, 0.5) is 0 Å². The number of benzene rings is 20. The summed E-state index contributed by atoms with van der Waals surface area (Å²) in [5.41, 5.74) is 17.4. The third-order valence-electron chi connectivity index (χ3n) is 25.2. The van der Waals surface area contributed by atoms with Gasteiger partial charge in [-0.25, -0.2) is 0 Å². The van der Waals surface area contributed by atoms with Crippen LogP contribution in [-0.4, -0.2) is 0 Å². The summed E-state index contributed by atoms with van der Waals surface area (Å²) in [7, 11) is 0. The van der Waals surface area contributed by atoms with Gasteiger partial charge >= 0.3 is 0 Å². The molecular formula is C108H58S2. The number of rotatable bonds is 7. The van der Waals surface area contributed by atoms with Gasteiger partial charge in [0.05, 0.1) is 0 Å². The summed E-state index contributed by atoms with van der Waals surface area (Å²) < 4.78 is 5.30. The Morgan fingerprint density at radius 1 is 0.127 bits per heavy atom. The second kappa shape index (κ2) is 22.0. The average Bonchev–Trinajstić information content (AvgIpc) is 1.51. The van der Waals surface area contributed by atoms with Gasteiger partial charge in [0.25, 0.3) is 0 Å². The molecule has 26 rings (SSSR count). The van der Waals surface area contributed by atoms with E-state index in [4.69, 9.17) is 0 Å². The van der Waals surface area contributed by atoms with Crippen molar-refractivity contribution in [2.45, 2.75) is 0 Å². The lowest BCUT2D eigenvalue weighted by atomic mass is 9.83. The van der Waals surface area contributed by atoms with Crippen LogP contribution in [0.1, 0.15) is 0 Å². The SMILES string of the molecule is c1ccc(-c2c3cc4c5ccccc5c5cccc(c3c(-c3ccc(-c6ccc(-c7c8cc9c%10ccccc%10c%10cccc(c8c(-c8ccccc8)c8c%11ccc(-c%12cccc%13c%12sc%12ccccc%12%13)c%12cccc(c78)c%12%11)c%109)cc6)cc3)c3c6cccc7c(-c8cccc9c8sc8ccccc89)ccc(c23)c76)c54)cc1. The van der Waals surface area contributed by atoms with Gasteiger partial charge in [-0.1, -0.05) is 328 Å². The molecule has 0 saturated heterocycles. The van der Waals surface area contributed by atoms with E-state index in [-0.39, 0.29) is 0 Å². The fraction of sp³-hybridized carbons (Fsp3) is 0. The lowest BCUT2D eigenvalue weighted by Crippen LogP contribution is -1.92. The zero-order valence-corrected chi connectivity index (χ0v) is 60.9. The average molecular weight is 1420 g/mol. The van der Waals surface area contributed by atoms with Crippen LogP contribution in [0.15, 0.2) is 352 Å². The van der Waals surface area contributed by atoms with Gasteiger partial charge in [-0.15, -0.1) is 22.7 Å². The third-order valence-corrected chi connectivity index (χ3v) is 27.7. The van der Waals surface area contributed by atoms with Gasteiger partial charge < -0.3 is 0 Å². The Labute approximate surface area is 638 Å². The van der Waals surface area contributed by atoms with Crippen molar-refractivity contribution in [3.05, 3.63) is 352 Å². The van der Waals surface area contributed by atoms with E-state index in [1.807, 2.05) is 22.7 Å². The smallest absolute Gasteiger partial charge is 0.0434 e. The third kappa shape index (κ3) is 7.83. The van der Waals surface area contributed by atoms with Crippen molar-refractivity contribution in [1.82, 2.24) is 0 Å². The molecule has 2 aromatic heterocycles. The molecule has 26 aromatic rings. The molecule has 0 spiro atoms. The van der Waals surface area contributed by atoms with Crippen LogP contribution in [0.3, 0.4) is 0 Å².